The summed E-state index contributed by atoms with van der Waals surface area (Å²) in [5, 5.41) is 0. The maximum atomic E-state index is 11.3. The molecule has 0 amide bonds. The van der Waals surface area contributed by atoms with Gasteiger partial charge in [-0.25, -0.2) is 0 Å². The molecule has 0 aliphatic rings. The second kappa shape index (κ2) is 6.11. The third-order valence-electron chi connectivity index (χ3n) is 2.35. The Balaban J connectivity index is 2.75. The Morgan fingerprint density at radius 1 is 1.44 bits per heavy atom. The van der Waals surface area contributed by atoms with Gasteiger partial charge in [-0.1, -0.05) is 0 Å². The van der Waals surface area contributed by atoms with E-state index >= 15 is 0 Å². The number of hydrogen-bond donors (Lipinski definition) is 0. The van der Waals surface area contributed by atoms with Crippen molar-refractivity contribution in [1.29, 1.82) is 0 Å². The molecule has 0 unspecified atom stereocenters. The topological polar surface area (TPSA) is 46.5 Å². The minimum absolute atomic E-state index is 0.0290. The van der Waals surface area contributed by atoms with Crippen LogP contribution in [0.4, 0.5) is 0 Å². The zero-order valence-corrected chi connectivity index (χ0v) is 9.51. The molecular weight excluding hydrogens is 201 g/mol. The van der Waals surface area contributed by atoms with Gasteiger partial charge in [-0.3, -0.25) is 0 Å². The summed E-state index contributed by atoms with van der Waals surface area (Å²) in [7, 11) is 0.588. The van der Waals surface area contributed by atoms with Gasteiger partial charge in [0, 0.05) is 0 Å². The van der Waals surface area contributed by atoms with Crippen LogP contribution in [0.3, 0.4) is 0 Å². The van der Waals surface area contributed by atoms with Gasteiger partial charge in [0.2, 0.25) is 0 Å². The third kappa shape index (κ3) is 3.89. The SMILES string of the molecule is CC(=O)[C@H](Cc1ccc(C)cc1)N=CB=O. The van der Waals surface area contributed by atoms with Crippen molar-refractivity contribution in [1.82, 2.24) is 0 Å². The maximum absolute atomic E-state index is 11.3. The fourth-order valence-corrected chi connectivity index (χ4v) is 1.39. The van der Waals surface area contributed by atoms with E-state index in [9.17, 15) is 9.50 Å². The average molecular weight is 215 g/mol. The molecule has 1 aromatic carbocycles. The van der Waals surface area contributed by atoms with Crippen molar-refractivity contribution in [3.8, 4) is 0 Å². The number of hydrogen-bond acceptors (Lipinski definition) is 3. The molecule has 3 nitrogen and oxygen atoms in total. The van der Waals surface area contributed by atoms with Crippen molar-refractivity contribution in [2.45, 2.75) is 26.3 Å². The van der Waals surface area contributed by atoms with E-state index in [1.165, 1.54) is 12.5 Å². The minimum atomic E-state index is -0.451. The summed E-state index contributed by atoms with van der Waals surface area (Å²) < 4.78 is 10.2. The summed E-state index contributed by atoms with van der Waals surface area (Å²) in [6.45, 7) is 3.50. The molecule has 0 saturated carbocycles. The molecule has 0 saturated heterocycles. The Hall–Kier alpha value is -1.58. The molecule has 0 aliphatic carbocycles. The van der Waals surface area contributed by atoms with Crippen LogP contribution in [0.5, 0.6) is 0 Å². The molecule has 0 N–H and O–H groups in total. The first kappa shape index (κ1) is 12.5. The van der Waals surface area contributed by atoms with Crippen molar-refractivity contribution in [2.24, 2.45) is 4.99 Å². The number of benzene rings is 1. The van der Waals surface area contributed by atoms with Crippen LogP contribution in [0, 0.1) is 6.92 Å². The third-order valence-corrected chi connectivity index (χ3v) is 2.35. The zero-order valence-electron chi connectivity index (χ0n) is 9.51. The van der Waals surface area contributed by atoms with Gasteiger partial charge < -0.3 is 0 Å². The fraction of sp³-hybridized carbons (Fsp3) is 0.333. The van der Waals surface area contributed by atoms with Gasteiger partial charge in [0.05, 0.1) is 0 Å². The number of rotatable bonds is 5. The second-order valence-corrected chi connectivity index (χ2v) is 3.75. The standard InChI is InChI=1S/C12H14BNO2/c1-9-3-5-11(6-4-9)7-12(10(2)15)14-8-13-16/h3-6,8,12H,7H2,1-2H3/t12-/m0/s1. The monoisotopic (exact) mass is 215 g/mol. The van der Waals surface area contributed by atoms with Gasteiger partial charge in [0.15, 0.2) is 0 Å². The summed E-state index contributed by atoms with van der Waals surface area (Å²) in [5.41, 5.74) is 2.23. The number of nitrogens with zero attached hydrogens (tertiary/aromatic N) is 1. The molecule has 0 aromatic heterocycles. The molecule has 1 atom stereocenters. The number of ketones is 1. The van der Waals surface area contributed by atoms with Gasteiger partial charge >= 0.3 is 95.2 Å². The van der Waals surface area contributed by atoms with E-state index in [0.29, 0.717) is 13.6 Å². The molecule has 4 heteroatoms. The van der Waals surface area contributed by atoms with Gasteiger partial charge in [-0.05, 0) is 0 Å². The first-order valence-electron chi connectivity index (χ1n) is 5.16. The summed E-state index contributed by atoms with van der Waals surface area (Å²) in [6.07, 6.45) is 1.68. The summed E-state index contributed by atoms with van der Waals surface area (Å²) in [5.74, 6) is -0.0290. The van der Waals surface area contributed by atoms with Crippen LogP contribution in [0.1, 0.15) is 18.1 Å². The molecular formula is C12H14BNO2. The fourth-order valence-electron chi connectivity index (χ4n) is 1.39. The van der Waals surface area contributed by atoms with E-state index in [2.05, 4.69) is 4.99 Å². The van der Waals surface area contributed by atoms with Crippen LogP contribution in [0.2, 0.25) is 0 Å². The number of carbonyl (C=O) groups excluding carboxylic acids is 1. The summed E-state index contributed by atoms with van der Waals surface area (Å²) >= 11 is 0. The van der Waals surface area contributed by atoms with E-state index in [0.717, 1.165) is 11.7 Å². The average Bonchev–Trinajstić information content (AvgIpc) is 2.26. The van der Waals surface area contributed by atoms with Crippen molar-refractivity contribution in [2.75, 3.05) is 0 Å². The molecule has 1 aromatic rings. The molecule has 82 valence electrons. The van der Waals surface area contributed by atoms with Gasteiger partial charge in [-0.15, -0.1) is 0 Å². The molecule has 0 spiro atoms. The predicted molar refractivity (Wildman–Crippen MR) is 64.3 cm³/mol. The van der Waals surface area contributed by atoms with Crippen molar-refractivity contribution < 1.29 is 9.50 Å². The Morgan fingerprint density at radius 2 is 2.06 bits per heavy atom. The molecule has 1 rings (SSSR count). The second-order valence-electron chi connectivity index (χ2n) is 3.75. The van der Waals surface area contributed by atoms with Crippen molar-refractivity contribution >= 4 is 19.0 Å². The molecule has 0 aliphatic heterocycles. The molecule has 0 fully saturated rings. The molecule has 0 bridgehead atoms. The zero-order chi connectivity index (χ0) is 12.0. The number of carbonyl (C=O) groups is 1. The first-order chi connectivity index (χ1) is 7.63. The Bertz CT molecular complexity index is 398. The predicted octanol–water partition coefficient (Wildman–Crippen LogP) is 1.57. The van der Waals surface area contributed by atoms with Crippen LogP contribution >= 0.6 is 0 Å². The van der Waals surface area contributed by atoms with Crippen LogP contribution in [-0.2, 0) is 15.9 Å². The normalized spacial score (nSPS) is 12.4. The summed E-state index contributed by atoms with van der Waals surface area (Å²) in [4.78, 5) is 15.2. The molecule has 16 heavy (non-hydrogen) atoms. The Morgan fingerprint density at radius 3 is 2.56 bits per heavy atom. The Kier molecular flexibility index (Phi) is 4.77. The van der Waals surface area contributed by atoms with Gasteiger partial charge in [0.1, 0.15) is 0 Å². The number of aryl methyl sites for hydroxylation is 1. The van der Waals surface area contributed by atoms with Gasteiger partial charge in [-0.2, -0.15) is 0 Å². The molecule has 0 heterocycles. The van der Waals surface area contributed by atoms with Crippen LogP contribution < -0.4 is 0 Å². The van der Waals surface area contributed by atoms with Gasteiger partial charge in [0.25, 0.3) is 0 Å². The summed E-state index contributed by atoms with van der Waals surface area (Å²) in [6, 6.07) is 7.49. The number of aliphatic imine (C=N–C) groups is 1. The first-order valence-corrected chi connectivity index (χ1v) is 5.16. The van der Waals surface area contributed by atoms with Crippen molar-refractivity contribution in [3.05, 3.63) is 35.4 Å². The van der Waals surface area contributed by atoms with E-state index in [1.807, 2.05) is 31.2 Å². The quantitative estimate of drug-likeness (QED) is 0.552. The van der Waals surface area contributed by atoms with Crippen molar-refractivity contribution in [3.63, 3.8) is 0 Å². The molecule has 0 radical (unpaired) electrons. The van der Waals surface area contributed by atoms with Crippen LogP contribution in [0.25, 0.3) is 0 Å². The van der Waals surface area contributed by atoms with E-state index in [1.54, 1.807) is 0 Å². The van der Waals surface area contributed by atoms with E-state index < -0.39 is 6.04 Å². The van der Waals surface area contributed by atoms with E-state index in [4.69, 9.17) is 0 Å². The van der Waals surface area contributed by atoms with E-state index in [-0.39, 0.29) is 5.78 Å². The Labute approximate surface area is 95.8 Å². The van der Waals surface area contributed by atoms with Crippen LogP contribution in [0.15, 0.2) is 29.3 Å². The van der Waals surface area contributed by atoms with Crippen LogP contribution in [-0.4, -0.2) is 25.1 Å². The number of Topliss-reactive ketones (excluding diaryl/α,β-unsaturated/α-hetero) is 1.